The van der Waals surface area contributed by atoms with E-state index < -0.39 is 0 Å². The van der Waals surface area contributed by atoms with Crippen LogP contribution in [0.5, 0.6) is 0 Å². The Bertz CT molecular complexity index is 1010. The molecule has 8 nitrogen and oxygen atoms in total. The van der Waals surface area contributed by atoms with E-state index in [-0.39, 0.29) is 12.1 Å². The third kappa shape index (κ3) is 4.04. The highest BCUT2D eigenvalue weighted by molar-refractivity contribution is 6.37. The number of halogens is 2. The molecular formula is C18H19Cl2N7O. The fourth-order valence-corrected chi connectivity index (χ4v) is 3.59. The number of aliphatic hydroxyl groups excluding tert-OH is 1. The summed E-state index contributed by atoms with van der Waals surface area (Å²) in [6.07, 6.45) is 6.16. The van der Waals surface area contributed by atoms with Crippen LogP contribution in [0.2, 0.25) is 10.0 Å². The van der Waals surface area contributed by atoms with E-state index in [4.69, 9.17) is 28.9 Å². The molecule has 1 aliphatic carbocycles. The molecule has 1 aliphatic rings. The van der Waals surface area contributed by atoms with Gasteiger partial charge in [0.05, 0.1) is 33.7 Å². The van der Waals surface area contributed by atoms with Gasteiger partial charge in [-0.1, -0.05) is 23.2 Å². The number of hydrogen-bond donors (Lipinski definition) is 4. The number of hydrogen-bond acceptors (Lipinski definition) is 8. The Morgan fingerprint density at radius 3 is 2.61 bits per heavy atom. The molecule has 0 amide bonds. The van der Waals surface area contributed by atoms with Crippen molar-refractivity contribution in [3.63, 3.8) is 0 Å². The molecule has 5 N–H and O–H groups in total. The zero-order valence-electron chi connectivity index (χ0n) is 14.9. The van der Waals surface area contributed by atoms with Crippen molar-refractivity contribution in [2.75, 3.05) is 16.4 Å². The van der Waals surface area contributed by atoms with Crippen molar-refractivity contribution in [1.29, 1.82) is 0 Å². The molecular weight excluding hydrogens is 401 g/mol. The Morgan fingerprint density at radius 2 is 1.82 bits per heavy atom. The molecule has 0 aliphatic heterocycles. The normalized spacial score (nSPS) is 19.5. The Kier molecular flexibility index (Phi) is 5.34. The lowest BCUT2D eigenvalue weighted by Gasteiger charge is -2.26. The molecule has 0 bridgehead atoms. The molecule has 0 radical (unpaired) electrons. The Labute approximate surface area is 171 Å². The number of aliphatic hydroxyl groups is 1. The van der Waals surface area contributed by atoms with E-state index in [2.05, 4.69) is 30.6 Å². The molecule has 0 saturated heterocycles. The molecule has 0 unspecified atom stereocenters. The van der Waals surface area contributed by atoms with E-state index in [1.54, 1.807) is 18.3 Å². The summed E-state index contributed by atoms with van der Waals surface area (Å²) in [6.45, 7) is 0. The highest BCUT2D eigenvalue weighted by atomic mass is 35.5. The van der Waals surface area contributed by atoms with E-state index in [1.165, 1.54) is 6.33 Å². The number of nitrogens with two attached hydrogens (primary N) is 1. The molecule has 3 aromatic rings. The lowest BCUT2D eigenvalue weighted by Crippen LogP contribution is -2.28. The molecule has 10 heteroatoms. The first kappa shape index (κ1) is 18.9. The second kappa shape index (κ2) is 7.90. The molecule has 28 heavy (non-hydrogen) atoms. The number of aromatic nitrogens is 4. The highest BCUT2D eigenvalue weighted by Gasteiger charge is 2.20. The number of anilines is 4. The average Bonchev–Trinajstić information content (AvgIpc) is 2.68. The van der Waals surface area contributed by atoms with Gasteiger partial charge < -0.3 is 21.5 Å². The monoisotopic (exact) mass is 419 g/mol. The standard InChI is InChI=1S/C18H19Cl2N7O/c19-11-6-14(12(20)5-13(11)21)26-17-16-15(23-8-24-17)7-22-18(27-16)25-9-1-3-10(28)4-2-9/h5-10,28H,1-4,21H2,(H,22,25,27)(H,23,24,26). The van der Waals surface area contributed by atoms with Crippen LogP contribution in [-0.2, 0) is 0 Å². The first-order valence-corrected chi connectivity index (χ1v) is 9.69. The molecule has 146 valence electrons. The van der Waals surface area contributed by atoms with Crippen molar-refractivity contribution < 1.29 is 5.11 Å². The van der Waals surface area contributed by atoms with Gasteiger partial charge in [-0.15, -0.1) is 0 Å². The quantitative estimate of drug-likeness (QED) is 0.471. The van der Waals surface area contributed by atoms with Gasteiger partial charge in [-0.05, 0) is 37.8 Å². The van der Waals surface area contributed by atoms with Crippen molar-refractivity contribution in [1.82, 2.24) is 19.9 Å². The summed E-state index contributed by atoms with van der Waals surface area (Å²) in [4.78, 5) is 17.4. The van der Waals surface area contributed by atoms with E-state index >= 15 is 0 Å². The lowest BCUT2D eigenvalue weighted by atomic mass is 9.93. The van der Waals surface area contributed by atoms with Gasteiger partial charge in [-0.2, -0.15) is 0 Å². The largest absolute Gasteiger partial charge is 0.397 e. The minimum absolute atomic E-state index is 0.212. The number of fused-ring (bicyclic) bond motifs is 1. The lowest BCUT2D eigenvalue weighted by molar-refractivity contribution is 0.126. The molecule has 1 aromatic carbocycles. The zero-order valence-corrected chi connectivity index (χ0v) is 16.4. The van der Waals surface area contributed by atoms with Gasteiger partial charge in [-0.3, -0.25) is 0 Å². The van der Waals surface area contributed by atoms with E-state index in [9.17, 15) is 5.11 Å². The van der Waals surface area contributed by atoms with Crippen LogP contribution < -0.4 is 16.4 Å². The van der Waals surface area contributed by atoms with Crippen LogP contribution >= 0.6 is 23.2 Å². The summed E-state index contributed by atoms with van der Waals surface area (Å²) in [5.74, 6) is 0.977. The first-order chi connectivity index (χ1) is 13.5. The zero-order chi connectivity index (χ0) is 19.7. The summed E-state index contributed by atoms with van der Waals surface area (Å²) in [7, 11) is 0. The van der Waals surface area contributed by atoms with Crippen molar-refractivity contribution in [2.24, 2.45) is 0 Å². The van der Waals surface area contributed by atoms with E-state index in [0.717, 1.165) is 25.7 Å². The third-order valence-electron chi connectivity index (χ3n) is 4.75. The molecule has 4 rings (SSSR count). The second-order valence-corrected chi connectivity index (χ2v) is 7.59. The predicted octanol–water partition coefficient (Wildman–Crippen LogP) is 3.77. The highest BCUT2D eigenvalue weighted by Crippen LogP contribution is 2.33. The van der Waals surface area contributed by atoms with E-state index in [0.29, 0.717) is 44.2 Å². The maximum absolute atomic E-state index is 9.66. The van der Waals surface area contributed by atoms with Crippen molar-refractivity contribution in [3.8, 4) is 0 Å². The van der Waals surface area contributed by atoms with Crippen LogP contribution in [0.3, 0.4) is 0 Å². The Hall–Kier alpha value is -2.42. The van der Waals surface area contributed by atoms with Gasteiger partial charge in [0, 0.05) is 6.04 Å². The number of nitrogen functional groups attached to an aromatic ring is 1. The number of nitrogens with one attached hydrogen (secondary N) is 2. The molecule has 1 fully saturated rings. The van der Waals surface area contributed by atoms with E-state index in [1.807, 2.05) is 0 Å². The molecule has 1 saturated carbocycles. The summed E-state index contributed by atoms with van der Waals surface area (Å²) in [6, 6.07) is 3.45. The van der Waals surface area contributed by atoms with Crippen LogP contribution in [-0.4, -0.2) is 37.2 Å². The molecule has 0 atom stereocenters. The summed E-state index contributed by atoms with van der Waals surface area (Å²) in [5.41, 5.74) is 7.89. The van der Waals surface area contributed by atoms with Crippen LogP contribution in [0, 0.1) is 0 Å². The van der Waals surface area contributed by atoms with Gasteiger partial charge in [0.1, 0.15) is 17.4 Å². The Morgan fingerprint density at radius 1 is 1.04 bits per heavy atom. The van der Waals surface area contributed by atoms with Crippen molar-refractivity contribution in [2.45, 2.75) is 37.8 Å². The molecule has 2 aromatic heterocycles. The Balaban J connectivity index is 1.63. The summed E-state index contributed by atoms with van der Waals surface area (Å²) in [5, 5.41) is 16.9. The topological polar surface area (TPSA) is 122 Å². The van der Waals surface area contributed by atoms with Crippen LogP contribution in [0.1, 0.15) is 25.7 Å². The smallest absolute Gasteiger partial charge is 0.223 e. The van der Waals surface area contributed by atoms with Gasteiger partial charge >= 0.3 is 0 Å². The maximum Gasteiger partial charge on any atom is 0.223 e. The van der Waals surface area contributed by atoms with Gasteiger partial charge in [0.2, 0.25) is 5.95 Å². The predicted molar refractivity (Wildman–Crippen MR) is 111 cm³/mol. The van der Waals surface area contributed by atoms with Gasteiger partial charge in [-0.25, -0.2) is 19.9 Å². The minimum Gasteiger partial charge on any atom is -0.397 e. The fraction of sp³-hybridized carbons (Fsp3) is 0.333. The second-order valence-electron chi connectivity index (χ2n) is 6.78. The minimum atomic E-state index is -0.212. The van der Waals surface area contributed by atoms with Gasteiger partial charge in [0.25, 0.3) is 0 Å². The first-order valence-electron chi connectivity index (χ1n) is 8.93. The third-order valence-corrected chi connectivity index (χ3v) is 5.39. The molecule has 2 heterocycles. The fourth-order valence-electron chi connectivity index (χ4n) is 3.20. The van der Waals surface area contributed by atoms with Crippen LogP contribution in [0.15, 0.2) is 24.7 Å². The summed E-state index contributed by atoms with van der Waals surface area (Å²) >= 11 is 12.4. The van der Waals surface area contributed by atoms with Crippen molar-refractivity contribution >= 4 is 57.4 Å². The number of rotatable bonds is 4. The molecule has 0 spiro atoms. The summed E-state index contributed by atoms with van der Waals surface area (Å²) < 4.78 is 0. The number of benzene rings is 1. The SMILES string of the molecule is Nc1cc(Cl)c(Nc2ncnc3cnc(NC4CCC(O)CC4)nc23)cc1Cl. The number of nitrogens with zero attached hydrogens (tertiary/aromatic N) is 4. The van der Waals surface area contributed by atoms with Crippen molar-refractivity contribution in [3.05, 3.63) is 34.7 Å². The average molecular weight is 420 g/mol. The van der Waals surface area contributed by atoms with Gasteiger partial charge in [0.15, 0.2) is 5.82 Å². The van der Waals surface area contributed by atoms with Crippen LogP contribution in [0.25, 0.3) is 11.0 Å². The maximum atomic E-state index is 9.66. The van der Waals surface area contributed by atoms with Crippen LogP contribution in [0.4, 0.5) is 23.1 Å².